The van der Waals surface area contributed by atoms with E-state index in [0.29, 0.717) is 0 Å². The zero-order chi connectivity index (χ0) is 21.8. The van der Waals surface area contributed by atoms with Gasteiger partial charge in [-0.25, -0.2) is 9.97 Å². The summed E-state index contributed by atoms with van der Waals surface area (Å²) >= 11 is 1.71. The number of thiophene rings is 1. The topological polar surface area (TPSA) is 84.3 Å². The third-order valence-electron chi connectivity index (χ3n) is 6.25. The summed E-state index contributed by atoms with van der Waals surface area (Å²) in [6, 6.07) is 16.7. The molecule has 1 aliphatic rings. The van der Waals surface area contributed by atoms with Crippen LogP contribution in [0, 0.1) is 0 Å². The molecule has 2 aromatic carbocycles. The second kappa shape index (κ2) is 7.25. The van der Waals surface area contributed by atoms with E-state index in [4.69, 9.17) is 0 Å². The maximum absolute atomic E-state index is 4.61. The molecule has 7 rings (SSSR count). The number of nitrogens with one attached hydrogen (secondary N) is 2. The SMILES string of the molecule is c1ccc(Cn2ncc3cc(Nc4ncnc5sc6c(c45)CCc4[nH]ncc4-6)ccc32)cc1. The van der Waals surface area contributed by atoms with Crippen LogP contribution >= 0.6 is 11.3 Å². The van der Waals surface area contributed by atoms with Crippen LogP contribution in [0.25, 0.3) is 31.6 Å². The van der Waals surface area contributed by atoms with Gasteiger partial charge in [-0.3, -0.25) is 9.78 Å². The van der Waals surface area contributed by atoms with Crippen LogP contribution in [0.1, 0.15) is 16.8 Å². The summed E-state index contributed by atoms with van der Waals surface area (Å²) in [5.74, 6) is 0.848. The average molecular weight is 450 g/mol. The number of aryl methyl sites for hydroxylation is 2. The molecule has 4 heterocycles. The lowest BCUT2D eigenvalue weighted by Gasteiger charge is -2.13. The summed E-state index contributed by atoms with van der Waals surface area (Å²) in [7, 11) is 0. The number of hydrogen-bond donors (Lipinski definition) is 2. The van der Waals surface area contributed by atoms with Gasteiger partial charge in [0, 0.05) is 27.2 Å². The fourth-order valence-electron chi connectivity index (χ4n) is 4.67. The maximum atomic E-state index is 4.61. The summed E-state index contributed by atoms with van der Waals surface area (Å²) in [4.78, 5) is 11.4. The van der Waals surface area contributed by atoms with Crippen LogP contribution in [0.3, 0.4) is 0 Å². The summed E-state index contributed by atoms with van der Waals surface area (Å²) in [5, 5.41) is 17.7. The number of hydrogen-bond acceptors (Lipinski definition) is 6. The molecule has 0 atom stereocenters. The molecule has 4 aromatic heterocycles. The van der Waals surface area contributed by atoms with Crippen molar-refractivity contribution in [3.05, 3.63) is 84.1 Å². The highest BCUT2D eigenvalue weighted by molar-refractivity contribution is 7.22. The summed E-state index contributed by atoms with van der Waals surface area (Å²) in [5.41, 5.74) is 7.03. The molecule has 0 bridgehead atoms. The quantitative estimate of drug-likeness (QED) is 0.380. The fraction of sp³-hybridized carbons (Fsp3) is 0.120. The number of aromatic nitrogens is 6. The Morgan fingerprint density at radius 1 is 1.03 bits per heavy atom. The molecule has 2 N–H and O–H groups in total. The van der Waals surface area contributed by atoms with Crippen molar-refractivity contribution in [1.82, 2.24) is 29.9 Å². The molecule has 7 nitrogen and oxygen atoms in total. The summed E-state index contributed by atoms with van der Waals surface area (Å²) in [6.07, 6.45) is 7.39. The first kappa shape index (κ1) is 18.5. The maximum Gasteiger partial charge on any atom is 0.142 e. The molecule has 0 saturated carbocycles. The smallest absolute Gasteiger partial charge is 0.142 e. The Hall–Kier alpha value is -4.04. The van der Waals surface area contributed by atoms with Gasteiger partial charge < -0.3 is 5.32 Å². The third kappa shape index (κ3) is 3.02. The van der Waals surface area contributed by atoms with E-state index < -0.39 is 0 Å². The molecule has 0 saturated heterocycles. The van der Waals surface area contributed by atoms with Crippen molar-refractivity contribution < 1.29 is 0 Å². The lowest BCUT2D eigenvalue weighted by Crippen LogP contribution is -2.02. The Morgan fingerprint density at radius 3 is 2.91 bits per heavy atom. The molecule has 0 unspecified atom stereocenters. The molecule has 0 fully saturated rings. The van der Waals surface area contributed by atoms with E-state index in [0.717, 1.165) is 52.0 Å². The summed E-state index contributed by atoms with van der Waals surface area (Å²) < 4.78 is 2.04. The van der Waals surface area contributed by atoms with Gasteiger partial charge in [-0.1, -0.05) is 30.3 Å². The standard InChI is InChI=1S/C25H19N7S/c1-2-4-15(5-3-1)13-32-21-9-6-17(10-16(21)11-29-32)30-24-22-18-7-8-20-19(12-28-31-20)23(18)33-25(22)27-14-26-24/h1-6,9-12,14H,7-8,13H2,(H,28,31)(H,26,27,30). The first-order valence-corrected chi connectivity index (χ1v) is 11.7. The van der Waals surface area contributed by atoms with Crippen LogP contribution < -0.4 is 5.32 Å². The van der Waals surface area contributed by atoms with Crippen molar-refractivity contribution >= 4 is 44.0 Å². The minimum atomic E-state index is 0.751. The number of anilines is 2. The van der Waals surface area contributed by atoms with Gasteiger partial charge in [-0.15, -0.1) is 11.3 Å². The number of H-pyrrole nitrogens is 1. The predicted octanol–water partition coefficient (Wildman–Crippen LogP) is 5.32. The van der Waals surface area contributed by atoms with Crippen molar-refractivity contribution in [2.75, 3.05) is 5.32 Å². The Labute approximate surface area is 193 Å². The van der Waals surface area contributed by atoms with Crippen LogP contribution in [-0.2, 0) is 19.4 Å². The van der Waals surface area contributed by atoms with E-state index in [-0.39, 0.29) is 0 Å². The van der Waals surface area contributed by atoms with Gasteiger partial charge in [0.25, 0.3) is 0 Å². The highest BCUT2D eigenvalue weighted by atomic mass is 32.1. The minimum Gasteiger partial charge on any atom is -0.340 e. The van der Waals surface area contributed by atoms with E-state index >= 15 is 0 Å². The Kier molecular flexibility index (Phi) is 4.07. The first-order chi connectivity index (χ1) is 16.3. The molecule has 1 aliphatic carbocycles. The molecule has 0 spiro atoms. The number of benzene rings is 2. The van der Waals surface area contributed by atoms with Gasteiger partial charge in [0.1, 0.15) is 17.0 Å². The molecule has 160 valence electrons. The van der Waals surface area contributed by atoms with Crippen molar-refractivity contribution in [1.29, 1.82) is 0 Å². The zero-order valence-corrected chi connectivity index (χ0v) is 18.4. The fourth-order valence-corrected chi connectivity index (χ4v) is 5.90. The number of rotatable bonds is 4. The number of nitrogens with zero attached hydrogens (tertiary/aromatic N) is 5. The zero-order valence-electron chi connectivity index (χ0n) is 17.6. The van der Waals surface area contributed by atoms with Gasteiger partial charge in [0.2, 0.25) is 0 Å². The number of aromatic amines is 1. The molecule has 33 heavy (non-hydrogen) atoms. The van der Waals surface area contributed by atoms with Gasteiger partial charge in [-0.05, 0) is 42.2 Å². The molecule has 0 radical (unpaired) electrons. The highest BCUT2D eigenvalue weighted by Crippen LogP contribution is 2.44. The lowest BCUT2D eigenvalue weighted by molar-refractivity contribution is 0.712. The van der Waals surface area contributed by atoms with Crippen LogP contribution in [0.5, 0.6) is 0 Å². The molecule has 6 aromatic rings. The van der Waals surface area contributed by atoms with Crippen LogP contribution in [-0.4, -0.2) is 29.9 Å². The van der Waals surface area contributed by atoms with Crippen molar-refractivity contribution in [3.8, 4) is 10.4 Å². The summed E-state index contributed by atoms with van der Waals surface area (Å²) in [6.45, 7) is 0.751. The van der Waals surface area contributed by atoms with E-state index in [9.17, 15) is 0 Å². The van der Waals surface area contributed by atoms with Gasteiger partial charge in [-0.2, -0.15) is 10.2 Å². The molecule has 8 heteroatoms. The second-order valence-electron chi connectivity index (χ2n) is 8.26. The van der Waals surface area contributed by atoms with E-state index in [1.165, 1.54) is 27.3 Å². The Balaban J connectivity index is 1.25. The molecular weight excluding hydrogens is 430 g/mol. The minimum absolute atomic E-state index is 0.751. The van der Waals surface area contributed by atoms with Crippen molar-refractivity contribution in [2.45, 2.75) is 19.4 Å². The van der Waals surface area contributed by atoms with Gasteiger partial charge >= 0.3 is 0 Å². The normalized spacial score (nSPS) is 12.7. The van der Waals surface area contributed by atoms with Crippen LogP contribution in [0.4, 0.5) is 11.5 Å². The average Bonchev–Trinajstić information content (AvgIpc) is 3.56. The third-order valence-corrected chi connectivity index (χ3v) is 7.43. The van der Waals surface area contributed by atoms with Crippen LogP contribution in [0.2, 0.25) is 0 Å². The second-order valence-corrected chi connectivity index (χ2v) is 9.26. The monoisotopic (exact) mass is 449 g/mol. The number of fused-ring (bicyclic) bond motifs is 6. The van der Waals surface area contributed by atoms with Gasteiger partial charge in [0.05, 0.1) is 29.8 Å². The van der Waals surface area contributed by atoms with E-state index in [2.05, 4.69) is 73.0 Å². The highest BCUT2D eigenvalue weighted by Gasteiger charge is 2.25. The predicted molar refractivity (Wildman–Crippen MR) is 131 cm³/mol. The molecule has 0 aliphatic heterocycles. The first-order valence-electron chi connectivity index (χ1n) is 10.9. The molecular formula is C25H19N7S. The Bertz CT molecular complexity index is 1630. The van der Waals surface area contributed by atoms with Crippen molar-refractivity contribution in [2.24, 2.45) is 0 Å². The van der Waals surface area contributed by atoms with E-state index in [1.54, 1.807) is 17.7 Å². The van der Waals surface area contributed by atoms with E-state index in [1.807, 2.05) is 23.1 Å². The van der Waals surface area contributed by atoms with Crippen molar-refractivity contribution in [3.63, 3.8) is 0 Å². The lowest BCUT2D eigenvalue weighted by atomic mass is 9.95. The van der Waals surface area contributed by atoms with Gasteiger partial charge in [0.15, 0.2) is 0 Å². The largest absolute Gasteiger partial charge is 0.340 e. The van der Waals surface area contributed by atoms with Crippen LogP contribution in [0.15, 0.2) is 67.3 Å². The molecule has 0 amide bonds. The Morgan fingerprint density at radius 2 is 1.97 bits per heavy atom.